The van der Waals surface area contributed by atoms with E-state index in [2.05, 4.69) is 48.9 Å². The molecule has 1 N–H and O–H groups in total. The van der Waals surface area contributed by atoms with Gasteiger partial charge in [0.25, 0.3) is 0 Å². The Balaban J connectivity index is 2.38. The number of rotatable bonds is 0. The maximum Gasteiger partial charge on any atom is 0.0486 e. The lowest BCUT2D eigenvalue weighted by atomic mass is 10.1. The van der Waals surface area contributed by atoms with Crippen molar-refractivity contribution in [2.75, 3.05) is 6.54 Å². The fourth-order valence-corrected chi connectivity index (χ4v) is 2.94. The highest BCUT2D eigenvalue weighted by Gasteiger charge is 2.21. The predicted octanol–water partition coefficient (Wildman–Crippen LogP) is 2.92. The molecule has 2 heteroatoms. The van der Waals surface area contributed by atoms with Gasteiger partial charge in [-0.25, -0.2) is 0 Å². The Kier molecular flexibility index (Phi) is 2.08. The van der Waals surface area contributed by atoms with Crippen LogP contribution < -0.4 is 5.32 Å². The van der Waals surface area contributed by atoms with Crippen molar-refractivity contribution in [1.29, 1.82) is 0 Å². The Labute approximate surface area is 96.3 Å². The average molecular weight is 214 g/mol. The summed E-state index contributed by atoms with van der Waals surface area (Å²) in [6, 6.07) is 7.25. The molecule has 0 bridgehead atoms. The first kappa shape index (κ1) is 9.91. The molecule has 1 atom stereocenters. The fraction of sp³-hybridized carbons (Fsp3) is 0.429. The van der Waals surface area contributed by atoms with Crippen LogP contribution in [0, 0.1) is 13.8 Å². The SMILES string of the molecule is Cc1ccc2c(c1)c(C)c1n2CCN[C@@H]1C. The summed E-state index contributed by atoms with van der Waals surface area (Å²) in [6.07, 6.45) is 0. The van der Waals surface area contributed by atoms with Crippen LogP contribution in [-0.2, 0) is 6.54 Å². The normalized spacial score (nSPS) is 20.1. The van der Waals surface area contributed by atoms with Crippen molar-refractivity contribution in [3.63, 3.8) is 0 Å². The number of hydrogen-bond donors (Lipinski definition) is 1. The summed E-state index contributed by atoms with van der Waals surface area (Å²) in [5, 5.41) is 4.96. The largest absolute Gasteiger partial charge is 0.342 e. The van der Waals surface area contributed by atoms with Crippen LogP contribution in [-0.4, -0.2) is 11.1 Å². The van der Waals surface area contributed by atoms with E-state index in [0.29, 0.717) is 6.04 Å². The van der Waals surface area contributed by atoms with E-state index in [1.165, 1.54) is 27.7 Å². The van der Waals surface area contributed by atoms with Gasteiger partial charge in [-0.2, -0.15) is 0 Å². The molecule has 0 spiro atoms. The molecule has 0 radical (unpaired) electrons. The maximum atomic E-state index is 3.53. The highest BCUT2D eigenvalue weighted by molar-refractivity contribution is 5.86. The number of nitrogens with one attached hydrogen (secondary N) is 1. The minimum absolute atomic E-state index is 0.474. The van der Waals surface area contributed by atoms with Gasteiger partial charge in [-0.3, -0.25) is 0 Å². The van der Waals surface area contributed by atoms with Crippen LogP contribution in [0.5, 0.6) is 0 Å². The number of benzene rings is 1. The molecule has 0 unspecified atom stereocenters. The molecule has 0 aliphatic carbocycles. The molecular formula is C14H18N2. The molecule has 0 amide bonds. The first-order valence-electron chi connectivity index (χ1n) is 6.01. The minimum atomic E-state index is 0.474. The first-order valence-corrected chi connectivity index (χ1v) is 6.01. The van der Waals surface area contributed by atoms with E-state index in [1.54, 1.807) is 0 Å². The molecule has 0 saturated carbocycles. The van der Waals surface area contributed by atoms with Crippen molar-refractivity contribution in [1.82, 2.24) is 9.88 Å². The summed E-state index contributed by atoms with van der Waals surface area (Å²) in [6.45, 7) is 8.83. The summed E-state index contributed by atoms with van der Waals surface area (Å²) in [7, 11) is 0. The van der Waals surface area contributed by atoms with Crippen LogP contribution in [0.3, 0.4) is 0 Å². The highest BCUT2D eigenvalue weighted by atomic mass is 15.1. The summed E-state index contributed by atoms with van der Waals surface area (Å²) < 4.78 is 2.48. The molecule has 1 aromatic heterocycles. The van der Waals surface area contributed by atoms with Crippen molar-refractivity contribution in [3.8, 4) is 0 Å². The second kappa shape index (κ2) is 3.36. The zero-order valence-electron chi connectivity index (χ0n) is 10.2. The van der Waals surface area contributed by atoms with E-state index in [4.69, 9.17) is 0 Å². The van der Waals surface area contributed by atoms with Gasteiger partial charge in [0, 0.05) is 35.7 Å². The van der Waals surface area contributed by atoms with E-state index < -0.39 is 0 Å². The van der Waals surface area contributed by atoms with E-state index >= 15 is 0 Å². The summed E-state index contributed by atoms with van der Waals surface area (Å²) >= 11 is 0. The Morgan fingerprint density at radius 2 is 2.12 bits per heavy atom. The van der Waals surface area contributed by atoms with Crippen molar-refractivity contribution >= 4 is 10.9 Å². The zero-order valence-corrected chi connectivity index (χ0v) is 10.2. The van der Waals surface area contributed by atoms with Crippen LogP contribution in [0.15, 0.2) is 18.2 Å². The Morgan fingerprint density at radius 3 is 2.94 bits per heavy atom. The Bertz CT molecular complexity index is 551. The molecule has 84 valence electrons. The topological polar surface area (TPSA) is 17.0 Å². The molecule has 2 nitrogen and oxygen atoms in total. The number of aromatic nitrogens is 1. The zero-order chi connectivity index (χ0) is 11.3. The highest BCUT2D eigenvalue weighted by Crippen LogP contribution is 2.31. The molecule has 0 fully saturated rings. The molecule has 1 aromatic carbocycles. The van der Waals surface area contributed by atoms with Gasteiger partial charge in [0.05, 0.1) is 0 Å². The Hall–Kier alpha value is -1.28. The predicted molar refractivity (Wildman–Crippen MR) is 67.8 cm³/mol. The fourth-order valence-electron chi connectivity index (χ4n) is 2.94. The van der Waals surface area contributed by atoms with Crippen molar-refractivity contribution < 1.29 is 0 Å². The Morgan fingerprint density at radius 1 is 1.31 bits per heavy atom. The quantitative estimate of drug-likeness (QED) is 0.713. The second-order valence-corrected chi connectivity index (χ2v) is 4.86. The van der Waals surface area contributed by atoms with Gasteiger partial charge in [0.2, 0.25) is 0 Å². The minimum Gasteiger partial charge on any atom is -0.342 e. The third-order valence-electron chi connectivity index (χ3n) is 3.72. The van der Waals surface area contributed by atoms with E-state index in [-0.39, 0.29) is 0 Å². The molecule has 2 aromatic rings. The molecule has 1 aliphatic heterocycles. The lowest BCUT2D eigenvalue weighted by Crippen LogP contribution is -2.31. The van der Waals surface area contributed by atoms with Crippen LogP contribution in [0.25, 0.3) is 10.9 Å². The van der Waals surface area contributed by atoms with Crippen molar-refractivity contribution in [2.45, 2.75) is 33.4 Å². The molecule has 16 heavy (non-hydrogen) atoms. The second-order valence-electron chi connectivity index (χ2n) is 4.86. The summed E-state index contributed by atoms with van der Waals surface area (Å²) in [4.78, 5) is 0. The van der Waals surface area contributed by atoms with Crippen LogP contribution in [0.1, 0.15) is 29.8 Å². The maximum absolute atomic E-state index is 3.53. The average Bonchev–Trinajstić information content (AvgIpc) is 2.54. The molecule has 3 rings (SSSR count). The third-order valence-corrected chi connectivity index (χ3v) is 3.72. The van der Waals surface area contributed by atoms with E-state index in [1.807, 2.05) is 0 Å². The summed E-state index contributed by atoms with van der Waals surface area (Å²) in [5.74, 6) is 0. The van der Waals surface area contributed by atoms with Gasteiger partial charge in [0.15, 0.2) is 0 Å². The van der Waals surface area contributed by atoms with Crippen LogP contribution in [0.4, 0.5) is 0 Å². The lowest BCUT2D eigenvalue weighted by Gasteiger charge is -2.24. The number of fused-ring (bicyclic) bond motifs is 3. The van der Waals surface area contributed by atoms with Gasteiger partial charge in [-0.05, 0) is 38.5 Å². The van der Waals surface area contributed by atoms with Gasteiger partial charge in [-0.1, -0.05) is 11.6 Å². The molecular weight excluding hydrogens is 196 g/mol. The van der Waals surface area contributed by atoms with Crippen LogP contribution >= 0.6 is 0 Å². The van der Waals surface area contributed by atoms with E-state index in [0.717, 1.165) is 13.1 Å². The van der Waals surface area contributed by atoms with Crippen molar-refractivity contribution in [3.05, 3.63) is 35.0 Å². The van der Waals surface area contributed by atoms with Gasteiger partial charge < -0.3 is 9.88 Å². The number of nitrogens with zero attached hydrogens (tertiary/aromatic N) is 1. The van der Waals surface area contributed by atoms with Gasteiger partial charge >= 0.3 is 0 Å². The standard InChI is InChI=1S/C14H18N2/c1-9-4-5-13-12(8-9)10(2)14-11(3)15-6-7-16(13)14/h4-5,8,11,15H,6-7H2,1-3H3/t11-/m1/s1. The first-order chi connectivity index (χ1) is 7.68. The van der Waals surface area contributed by atoms with Crippen LogP contribution in [0.2, 0.25) is 0 Å². The van der Waals surface area contributed by atoms with Gasteiger partial charge in [0.1, 0.15) is 0 Å². The summed E-state index contributed by atoms with van der Waals surface area (Å²) in [5.41, 5.74) is 5.65. The number of hydrogen-bond acceptors (Lipinski definition) is 1. The smallest absolute Gasteiger partial charge is 0.0486 e. The third kappa shape index (κ3) is 1.23. The number of aryl methyl sites for hydroxylation is 2. The molecule has 2 heterocycles. The molecule has 1 aliphatic rings. The van der Waals surface area contributed by atoms with Gasteiger partial charge in [-0.15, -0.1) is 0 Å². The molecule has 0 saturated heterocycles. The van der Waals surface area contributed by atoms with Crippen molar-refractivity contribution in [2.24, 2.45) is 0 Å². The van der Waals surface area contributed by atoms with E-state index in [9.17, 15) is 0 Å². The lowest BCUT2D eigenvalue weighted by molar-refractivity contribution is 0.453. The monoisotopic (exact) mass is 214 g/mol.